The van der Waals surface area contributed by atoms with Crippen molar-refractivity contribution in [1.82, 2.24) is 9.78 Å². The summed E-state index contributed by atoms with van der Waals surface area (Å²) in [6, 6.07) is 7.20. The molecule has 0 aliphatic rings. The van der Waals surface area contributed by atoms with Crippen LogP contribution in [0.2, 0.25) is 5.02 Å². The van der Waals surface area contributed by atoms with Gasteiger partial charge in [0.15, 0.2) is 0 Å². The topological polar surface area (TPSA) is 73.9 Å². The summed E-state index contributed by atoms with van der Waals surface area (Å²) >= 11 is 5.91. The average Bonchev–Trinajstić information content (AvgIpc) is 2.85. The number of aromatic nitrogens is 2. The zero-order valence-corrected chi connectivity index (χ0v) is 10.9. The van der Waals surface area contributed by atoms with E-state index >= 15 is 0 Å². The van der Waals surface area contributed by atoms with Crippen LogP contribution in [0, 0.1) is 11.3 Å². The second-order valence-electron chi connectivity index (χ2n) is 3.99. The fraction of sp³-hybridized carbons (Fsp3) is 0.231. The standard InChI is InChI=1S/C13H13ClN4O/c14-12-2-1-11(6-15)13(5-12)16-7-10-8-17-18(9-10)3-4-19/h1-2,5,8-9,16,19H,3-4,7H2. The van der Waals surface area contributed by atoms with Crippen molar-refractivity contribution < 1.29 is 5.11 Å². The van der Waals surface area contributed by atoms with Gasteiger partial charge in [-0.1, -0.05) is 11.6 Å². The van der Waals surface area contributed by atoms with Gasteiger partial charge < -0.3 is 10.4 Å². The summed E-state index contributed by atoms with van der Waals surface area (Å²) in [6.45, 7) is 1.07. The molecule has 5 nitrogen and oxygen atoms in total. The van der Waals surface area contributed by atoms with E-state index in [4.69, 9.17) is 22.0 Å². The number of benzene rings is 1. The highest BCUT2D eigenvalue weighted by Crippen LogP contribution is 2.20. The number of aliphatic hydroxyl groups is 1. The van der Waals surface area contributed by atoms with E-state index in [0.717, 1.165) is 5.56 Å². The predicted molar refractivity (Wildman–Crippen MR) is 72.8 cm³/mol. The summed E-state index contributed by atoms with van der Waals surface area (Å²) in [7, 11) is 0. The first-order chi connectivity index (χ1) is 9.22. The number of hydrogen-bond acceptors (Lipinski definition) is 4. The van der Waals surface area contributed by atoms with E-state index in [-0.39, 0.29) is 6.61 Å². The first-order valence-corrected chi connectivity index (χ1v) is 6.16. The highest BCUT2D eigenvalue weighted by molar-refractivity contribution is 6.30. The van der Waals surface area contributed by atoms with E-state index in [1.165, 1.54) is 0 Å². The summed E-state index contributed by atoms with van der Waals surface area (Å²) in [5, 5.41) is 25.7. The zero-order valence-electron chi connectivity index (χ0n) is 10.2. The minimum Gasteiger partial charge on any atom is -0.394 e. The van der Waals surface area contributed by atoms with Crippen LogP contribution in [0.5, 0.6) is 0 Å². The van der Waals surface area contributed by atoms with E-state index in [2.05, 4.69) is 16.5 Å². The molecule has 98 valence electrons. The number of hydrogen-bond donors (Lipinski definition) is 2. The highest BCUT2D eigenvalue weighted by Gasteiger charge is 2.04. The lowest BCUT2D eigenvalue weighted by atomic mass is 10.2. The monoisotopic (exact) mass is 276 g/mol. The Morgan fingerprint density at radius 3 is 3.05 bits per heavy atom. The molecule has 0 atom stereocenters. The SMILES string of the molecule is N#Cc1ccc(Cl)cc1NCc1cnn(CCO)c1. The van der Waals surface area contributed by atoms with Crippen molar-refractivity contribution in [3.05, 3.63) is 46.7 Å². The van der Waals surface area contributed by atoms with Crippen LogP contribution in [0.3, 0.4) is 0 Å². The van der Waals surface area contributed by atoms with Gasteiger partial charge in [0, 0.05) is 23.3 Å². The molecule has 0 unspecified atom stereocenters. The maximum atomic E-state index is 9.00. The molecule has 0 radical (unpaired) electrons. The van der Waals surface area contributed by atoms with Gasteiger partial charge in [-0.05, 0) is 18.2 Å². The van der Waals surface area contributed by atoms with Crippen LogP contribution in [0.15, 0.2) is 30.6 Å². The van der Waals surface area contributed by atoms with Crippen LogP contribution in [0.1, 0.15) is 11.1 Å². The van der Waals surface area contributed by atoms with Crippen molar-refractivity contribution in [2.24, 2.45) is 0 Å². The summed E-state index contributed by atoms with van der Waals surface area (Å²) in [5.41, 5.74) is 2.22. The molecule has 2 rings (SSSR count). The van der Waals surface area contributed by atoms with E-state index in [1.807, 2.05) is 6.20 Å². The van der Waals surface area contributed by atoms with Gasteiger partial charge >= 0.3 is 0 Å². The Kier molecular flexibility index (Phi) is 4.39. The van der Waals surface area contributed by atoms with E-state index in [0.29, 0.717) is 29.4 Å². The number of nitrogens with one attached hydrogen (secondary N) is 1. The maximum Gasteiger partial charge on any atom is 0.101 e. The first-order valence-electron chi connectivity index (χ1n) is 5.78. The molecule has 1 heterocycles. The van der Waals surface area contributed by atoms with Gasteiger partial charge in [0.25, 0.3) is 0 Å². The molecular formula is C13H13ClN4O. The molecule has 0 saturated heterocycles. The highest BCUT2D eigenvalue weighted by atomic mass is 35.5. The van der Waals surface area contributed by atoms with Crippen molar-refractivity contribution in [2.75, 3.05) is 11.9 Å². The third-order valence-electron chi connectivity index (χ3n) is 2.60. The molecule has 2 aromatic rings. The largest absolute Gasteiger partial charge is 0.394 e. The molecule has 0 aliphatic heterocycles. The van der Waals surface area contributed by atoms with Gasteiger partial charge in [0.05, 0.1) is 30.6 Å². The van der Waals surface area contributed by atoms with Gasteiger partial charge in [-0.15, -0.1) is 0 Å². The molecule has 0 amide bonds. The summed E-state index contributed by atoms with van der Waals surface area (Å²) in [6.07, 6.45) is 3.57. The third-order valence-corrected chi connectivity index (χ3v) is 2.84. The number of halogens is 1. The molecule has 0 bridgehead atoms. The van der Waals surface area contributed by atoms with Crippen LogP contribution >= 0.6 is 11.6 Å². The number of nitriles is 1. The Morgan fingerprint density at radius 1 is 1.47 bits per heavy atom. The van der Waals surface area contributed by atoms with Gasteiger partial charge in [-0.2, -0.15) is 10.4 Å². The van der Waals surface area contributed by atoms with Crippen molar-refractivity contribution in [3.8, 4) is 6.07 Å². The minimum absolute atomic E-state index is 0.0570. The third kappa shape index (κ3) is 3.47. The Bertz CT molecular complexity index is 603. The zero-order chi connectivity index (χ0) is 13.7. The minimum atomic E-state index is 0.0570. The van der Waals surface area contributed by atoms with Crippen molar-refractivity contribution in [3.63, 3.8) is 0 Å². The van der Waals surface area contributed by atoms with Gasteiger partial charge in [-0.25, -0.2) is 0 Å². The number of nitrogens with zero attached hydrogens (tertiary/aromatic N) is 3. The van der Waals surface area contributed by atoms with Crippen LogP contribution < -0.4 is 5.32 Å². The van der Waals surface area contributed by atoms with E-state index in [9.17, 15) is 0 Å². The van der Waals surface area contributed by atoms with Gasteiger partial charge in [0.1, 0.15) is 6.07 Å². The van der Waals surface area contributed by atoms with Crippen LogP contribution in [0.25, 0.3) is 0 Å². The van der Waals surface area contributed by atoms with Crippen molar-refractivity contribution in [1.29, 1.82) is 5.26 Å². The number of anilines is 1. The van der Waals surface area contributed by atoms with Crippen LogP contribution in [0.4, 0.5) is 5.69 Å². The molecule has 0 fully saturated rings. The molecule has 2 N–H and O–H groups in total. The van der Waals surface area contributed by atoms with E-state index in [1.54, 1.807) is 29.1 Å². The molecule has 0 aliphatic carbocycles. The fourth-order valence-corrected chi connectivity index (χ4v) is 1.85. The molecule has 1 aromatic carbocycles. The summed E-state index contributed by atoms with van der Waals surface area (Å²) < 4.78 is 1.67. The number of aliphatic hydroxyl groups excluding tert-OH is 1. The Balaban J connectivity index is 2.05. The smallest absolute Gasteiger partial charge is 0.101 e. The lowest BCUT2D eigenvalue weighted by Crippen LogP contribution is -2.02. The molecule has 0 saturated carbocycles. The van der Waals surface area contributed by atoms with E-state index < -0.39 is 0 Å². The van der Waals surface area contributed by atoms with Crippen molar-refractivity contribution >= 4 is 17.3 Å². The van der Waals surface area contributed by atoms with Crippen LogP contribution in [-0.2, 0) is 13.1 Å². The fourth-order valence-electron chi connectivity index (χ4n) is 1.68. The first kappa shape index (κ1) is 13.4. The van der Waals surface area contributed by atoms with Crippen LogP contribution in [-0.4, -0.2) is 21.5 Å². The summed E-state index contributed by atoms with van der Waals surface area (Å²) in [5.74, 6) is 0. The van der Waals surface area contributed by atoms with Gasteiger partial charge in [0.2, 0.25) is 0 Å². The number of rotatable bonds is 5. The maximum absolute atomic E-state index is 9.00. The second-order valence-corrected chi connectivity index (χ2v) is 4.43. The van der Waals surface area contributed by atoms with Crippen molar-refractivity contribution in [2.45, 2.75) is 13.1 Å². The van der Waals surface area contributed by atoms with Gasteiger partial charge in [-0.3, -0.25) is 4.68 Å². The Hall–Kier alpha value is -2.03. The molecule has 19 heavy (non-hydrogen) atoms. The quantitative estimate of drug-likeness (QED) is 0.876. The Morgan fingerprint density at radius 2 is 2.32 bits per heavy atom. The lowest BCUT2D eigenvalue weighted by Gasteiger charge is -2.07. The average molecular weight is 277 g/mol. The molecule has 0 spiro atoms. The Labute approximate surface area is 116 Å². The molecular weight excluding hydrogens is 264 g/mol. The molecule has 6 heteroatoms. The predicted octanol–water partition coefficient (Wildman–Crippen LogP) is 2.01. The summed E-state index contributed by atoms with van der Waals surface area (Å²) in [4.78, 5) is 0. The lowest BCUT2D eigenvalue weighted by molar-refractivity contribution is 0.269. The molecule has 1 aromatic heterocycles. The second kappa shape index (κ2) is 6.23. The normalized spacial score (nSPS) is 10.2.